The predicted molar refractivity (Wildman–Crippen MR) is 69.8 cm³/mol. The average Bonchev–Trinajstić information content (AvgIpc) is 2.29. The second kappa shape index (κ2) is 6.77. The van der Waals surface area contributed by atoms with Crippen LogP contribution in [0.3, 0.4) is 0 Å². The zero-order valence-corrected chi connectivity index (χ0v) is 11.4. The normalized spacial score (nSPS) is 14.3. The minimum absolute atomic E-state index is 0.500. The van der Waals surface area contributed by atoms with E-state index < -0.39 is 18.0 Å². The fourth-order valence-corrected chi connectivity index (χ4v) is 2.18. The Bertz CT molecular complexity index is 379. The van der Waals surface area contributed by atoms with Crippen molar-refractivity contribution in [1.29, 1.82) is 0 Å². The molecule has 17 heavy (non-hydrogen) atoms. The summed E-state index contributed by atoms with van der Waals surface area (Å²) in [6.07, 6.45) is 1.29. The third kappa shape index (κ3) is 4.13. The smallest absolute Gasteiger partial charge is 0.309 e. The first kappa shape index (κ1) is 14.2. The average molecular weight is 301 g/mol. The second-order valence-corrected chi connectivity index (χ2v) is 5.00. The van der Waals surface area contributed by atoms with Crippen LogP contribution < -0.4 is 0 Å². The van der Waals surface area contributed by atoms with Crippen molar-refractivity contribution in [3.63, 3.8) is 0 Å². The first-order valence-electron chi connectivity index (χ1n) is 5.72. The Hall–Kier alpha value is -0.870. The number of carboxylic acid groups (broad SMARTS) is 1. The highest BCUT2D eigenvalue weighted by atomic mass is 79.9. The van der Waals surface area contributed by atoms with Gasteiger partial charge in [-0.3, -0.25) is 4.79 Å². The number of carbonyl (C=O) groups is 1. The van der Waals surface area contributed by atoms with Crippen LogP contribution in [0.25, 0.3) is 0 Å². The van der Waals surface area contributed by atoms with Gasteiger partial charge in [0.1, 0.15) is 0 Å². The van der Waals surface area contributed by atoms with Crippen molar-refractivity contribution < 1.29 is 15.0 Å². The van der Waals surface area contributed by atoms with E-state index >= 15 is 0 Å². The maximum absolute atomic E-state index is 11.1. The molecule has 0 radical (unpaired) electrons. The van der Waals surface area contributed by atoms with Crippen LogP contribution in [-0.4, -0.2) is 16.2 Å². The fraction of sp³-hybridized carbons (Fsp3) is 0.462. The van der Waals surface area contributed by atoms with Gasteiger partial charge in [-0.05, 0) is 24.1 Å². The van der Waals surface area contributed by atoms with E-state index in [1.54, 1.807) is 18.2 Å². The van der Waals surface area contributed by atoms with E-state index in [4.69, 9.17) is 5.11 Å². The molecule has 94 valence electrons. The molecule has 0 saturated carbocycles. The predicted octanol–water partition coefficient (Wildman–Crippen LogP) is 3.37. The highest BCUT2D eigenvalue weighted by Crippen LogP contribution is 2.28. The topological polar surface area (TPSA) is 57.5 Å². The zero-order chi connectivity index (χ0) is 12.8. The van der Waals surface area contributed by atoms with E-state index in [9.17, 15) is 9.90 Å². The van der Waals surface area contributed by atoms with Crippen LogP contribution in [0.2, 0.25) is 0 Å². The molecule has 0 aromatic heterocycles. The Balaban J connectivity index is 2.83. The minimum atomic E-state index is -0.948. The van der Waals surface area contributed by atoms with Crippen LogP contribution in [0, 0.1) is 5.92 Å². The Morgan fingerprint density at radius 2 is 2.18 bits per heavy atom. The molecule has 4 heteroatoms. The molecule has 0 aliphatic rings. The van der Waals surface area contributed by atoms with E-state index in [1.165, 1.54) is 0 Å². The molecule has 1 aromatic rings. The SMILES string of the molecule is CCCCC(C(=O)O)C(O)c1cccc(Br)c1. The Kier molecular flexibility index (Phi) is 5.65. The van der Waals surface area contributed by atoms with Gasteiger partial charge in [0, 0.05) is 4.47 Å². The van der Waals surface area contributed by atoms with Crippen molar-refractivity contribution in [1.82, 2.24) is 0 Å². The lowest BCUT2D eigenvalue weighted by Gasteiger charge is -2.19. The van der Waals surface area contributed by atoms with E-state index in [1.807, 2.05) is 13.0 Å². The Morgan fingerprint density at radius 3 is 2.71 bits per heavy atom. The molecule has 0 aliphatic carbocycles. The van der Waals surface area contributed by atoms with Crippen LogP contribution >= 0.6 is 15.9 Å². The summed E-state index contributed by atoms with van der Waals surface area (Å²) in [6, 6.07) is 7.14. The van der Waals surface area contributed by atoms with Crippen LogP contribution in [0.4, 0.5) is 0 Å². The summed E-state index contributed by atoms with van der Waals surface area (Å²) in [5.74, 6) is -1.67. The van der Waals surface area contributed by atoms with Gasteiger partial charge in [0.25, 0.3) is 0 Å². The van der Waals surface area contributed by atoms with Gasteiger partial charge in [-0.15, -0.1) is 0 Å². The molecule has 2 atom stereocenters. The fourth-order valence-electron chi connectivity index (χ4n) is 1.76. The maximum Gasteiger partial charge on any atom is 0.309 e. The molecular weight excluding hydrogens is 284 g/mol. The lowest BCUT2D eigenvalue weighted by Crippen LogP contribution is -2.22. The molecule has 0 aliphatic heterocycles. The number of aliphatic carboxylic acids is 1. The van der Waals surface area contributed by atoms with Crippen molar-refractivity contribution >= 4 is 21.9 Å². The van der Waals surface area contributed by atoms with E-state index in [0.717, 1.165) is 17.3 Å². The van der Waals surface area contributed by atoms with Crippen molar-refractivity contribution in [2.45, 2.75) is 32.3 Å². The number of carboxylic acids is 1. The molecule has 0 spiro atoms. The number of hydrogen-bond donors (Lipinski definition) is 2. The van der Waals surface area contributed by atoms with Crippen molar-refractivity contribution in [2.75, 3.05) is 0 Å². The maximum atomic E-state index is 11.1. The van der Waals surface area contributed by atoms with Gasteiger partial charge in [0.05, 0.1) is 12.0 Å². The summed E-state index contributed by atoms with van der Waals surface area (Å²) in [4.78, 5) is 11.1. The van der Waals surface area contributed by atoms with Crippen LogP contribution in [0.15, 0.2) is 28.7 Å². The molecule has 0 heterocycles. The lowest BCUT2D eigenvalue weighted by molar-refractivity contribution is -0.146. The largest absolute Gasteiger partial charge is 0.481 e. The van der Waals surface area contributed by atoms with Crippen LogP contribution in [0.5, 0.6) is 0 Å². The number of benzene rings is 1. The van der Waals surface area contributed by atoms with Gasteiger partial charge in [0.15, 0.2) is 0 Å². The molecule has 0 fully saturated rings. The lowest BCUT2D eigenvalue weighted by atomic mass is 9.91. The number of hydrogen-bond acceptors (Lipinski definition) is 2. The molecule has 0 bridgehead atoms. The number of aliphatic hydroxyl groups is 1. The molecule has 2 unspecified atom stereocenters. The quantitative estimate of drug-likeness (QED) is 0.847. The highest BCUT2D eigenvalue weighted by Gasteiger charge is 2.27. The van der Waals surface area contributed by atoms with Gasteiger partial charge >= 0.3 is 5.97 Å². The summed E-state index contributed by atoms with van der Waals surface area (Å²) < 4.78 is 0.841. The summed E-state index contributed by atoms with van der Waals surface area (Å²) in [5, 5.41) is 19.2. The summed E-state index contributed by atoms with van der Waals surface area (Å²) in [6.45, 7) is 2.00. The van der Waals surface area contributed by atoms with Gasteiger partial charge in [-0.1, -0.05) is 47.8 Å². The van der Waals surface area contributed by atoms with Crippen LogP contribution in [-0.2, 0) is 4.79 Å². The van der Waals surface area contributed by atoms with Gasteiger partial charge < -0.3 is 10.2 Å². The van der Waals surface area contributed by atoms with Crippen molar-refractivity contribution in [2.24, 2.45) is 5.92 Å². The Morgan fingerprint density at radius 1 is 1.47 bits per heavy atom. The molecule has 0 saturated heterocycles. The molecule has 1 aromatic carbocycles. The number of rotatable bonds is 6. The van der Waals surface area contributed by atoms with Gasteiger partial charge in [0.2, 0.25) is 0 Å². The van der Waals surface area contributed by atoms with Crippen molar-refractivity contribution in [3.8, 4) is 0 Å². The van der Waals surface area contributed by atoms with Gasteiger partial charge in [-0.2, -0.15) is 0 Å². The second-order valence-electron chi connectivity index (χ2n) is 4.09. The first-order valence-corrected chi connectivity index (χ1v) is 6.52. The monoisotopic (exact) mass is 300 g/mol. The van der Waals surface area contributed by atoms with E-state index in [2.05, 4.69) is 15.9 Å². The highest BCUT2D eigenvalue weighted by molar-refractivity contribution is 9.10. The van der Waals surface area contributed by atoms with E-state index in [-0.39, 0.29) is 0 Å². The van der Waals surface area contributed by atoms with Crippen molar-refractivity contribution in [3.05, 3.63) is 34.3 Å². The number of unbranched alkanes of at least 4 members (excludes halogenated alkanes) is 1. The number of halogens is 1. The molecular formula is C13H17BrO3. The summed E-state index contributed by atoms with van der Waals surface area (Å²) in [7, 11) is 0. The minimum Gasteiger partial charge on any atom is -0.481 e. The molecule has 2 N–H and O–H groups in total. The summed E-state index contributed by atoms with van der Waals surface area (Å²) in [5.41, 5.74) is 0.642. The summed E-state index contributed by atoms with van der Waals surface area (Å²) >= 11 is 3.31. The molecule has 3 nitrogen and oxygen atoms in total. The standard InChI is InChI=1S/C13H17BrO3/c1-2-3-7-11(13(16)17)12(15)9-5-4-6-10(14)8-9/h4-6,8,11-12,15H,2-3,7H2,1H3,(H,16,17). The van der Waals surface area contributed by atoms with E-state index in [0.29, 0.717) is 12.0 Å². The van der Waals surface area contributed by atoms with Gasteiger partial charge in [-0.25, -0.2) is 0 Å². The zero-order valence-electron chi connectivity index (χ0n) is 9.77. The number of aliphatic hydroxyl groups excluding tert-OH is 1. The Labute approximate surface area is 110 Å². The third-order valence-electron chi connectivity index (χ3n) is 2.76. The first-order chi connectivity index (χ1) is 8.06. The molecule has 1 rings (SSSR count). The van der Waals surface area contributed by atoms with Crippen LogP contribution in [0.1, 0.15) is 37.9 Å². The third-order valence-corrected chi connectivity index (χ3v) is 3.25. The molecule has 0 amide bonds.